The van der Waals surface area contributed by atoms with Crippen LogP contribution in [0.4, 0.5) is 0 Å². The lowest BCUT2D eigenvalue weighted by Gasteiger charge is -2.41. The summed E-state index contributed by atoms with van der Waals surface area (Å²) in [4.78, 5) is 22.5. The molecule has 4 heteroatoms. The summed E-state index contributed by atoms with van der Waals surface area (Å²) >= 11 is 0. The summed E-state index contributed by atoms with van der Waals surface area (Å²) in [7, 11) is 0. The summed E-state index contributed by atoms with van der Waals surface area (Å²) in [5.41, 5.74) is 0.961. The Morgan fingerprint density at radius 3 is 2.50 bits per heavy atom. The predicted molar refractivity (Wildman–Crippen MR) is 106 cm³/mol. The van der Waals surface area contributed by atoms with E-state index in [9.17, 15) is 4.79 Å². The summed E-state index contributed by atoms with van der Waals surface area (Å²) in [6.45, 7) is 10.8. The molecule has 0 aliphatic carbocycles. The van der Waals surface area contributed by atoms with Gasteiger partial charge in [0.05, 0.1) is 6.42 Å². The van der Waals surface area contributed by atoms with E-state index in [1.54, 1.807) is 0 Å². The molecule has 1 rings (SSSR count). The van der Waals surface area contributed by atoms with Crippen molar-refractivity contribution in [2.24, 2.45) is 11.8 Å². The normalized spacial score (nSPS) is 28.4. The summed E-state index contributed by atoms with van der Waals surface area (Å²) in [6, 6.07) is 0. The lowest BCUT2D eigenvalue weighted by molar-refractivity contribution is -0.409. The third-order valence-corrected chi connectivity index (χ3v) is 5.58. The molecule has 1 N–H and O–H groups in total. The molecule has 4 nitrogen and oxygen atoms in total. The maximum Gasteiger partial charge on any atom is 0.306 e. The van der Waals surface area contributed by atoms with Crippen LogP contribution in [0.15, 0.2) is 23.8 Å². The Labute approximate surface area is 159 Å². The molecule has 0 bridgehead atoms. The Balaban J connectivity index is 2.94. The summed E-state index contributed by atoms with van der Waals surface area (Å²) in [5.74, 6) is -0.0725. The molecule has 1 fully saturated rings. The topological polar surface area (TPSA) is 55.8 Å². The zero-order chi connectivity index (χ0) is 19.6. The highest BCUT2D eigenvalue weighted by molar-refractivity contribution is 5.67. The van der Waals surface area contributed by atoms with Gasteiger partial charge in [-0.1, -0.05) is 64.8 Å². The highest BCUT2D eigenvalue weighted by Crippen LogP contribution is 2.39. The summed E-state index contributed by atoms with van der Waals surface area (Å²) in [5, 5.41) is 9.09. The molecular formula is C22H38O4. The van der Waals surface area contributed by atoms with Gasteiger partial charge in [0.2, 0.25) is 0 Å². The van der Waals surface area contributed by atoms with Gasteiger partial charge in [-0.05, 0) is 50.4 Å². The van der Waals surface area contributed by atoms with E-state index in [0.717, 1.165) is 44.9 Å². The van der Waals surface area contributed by atoms with E-state index in [-0.39, 0.29) is 18.4 Å². The van der Waals surface area contributed by atoms with Crippen molar-refractivity contribution in [2.75, 3.05) is 0 Å². The second-order valence-corrected chi connectivity index (χ2v) is 7.47. The van der Waals surface area contributed by atoms with Crippen LogP contribution in [0.3, 0.4) is 0 Å². The van der Waals surface area contributed by atoms with Gasteiger partial charge in [0.25, 0.3) is 0 Å². The van der Waals surface area contributed by atoms with Crippen LogP contribution in [-0.2, 0) is 14.6 Å². The largest absolute Gasteiger partial charge is 0.481 e. The fourth-order valence-electron chi connectivity index (χ4n) is 3.70. The van der Waals surface area contributed by atoms with E-state index in [2.05, 4.69) is 52.8 Å². The molecule has 1 aliphatic rings. The first-order chi connectivity index (χ1) is 12.4. The number of aliphatic carboxylic acids is 1. The van der Waals surface area contributed by atoms with E-state index in [4.69, 9.17) is 14.9 Å². The molecule has 0 saturated carbocycles. The predicted octanol–water partition coefficient (Wildman–Crippen LogP) is 6.08. The van der Waals surface area contributed by atoms with Crippen molar-refractivity contribution >= 4 is 5.97 Å². The Morgan fingerprint density at radius 2 is 2.00 bits per heavy atom. The zero-order valence-corrected chi connectivity index (χ0v) is 17.3. The molecule has 26 heavy (non-hydrogen) atoms. The van der Waals surface area contributed by atoms with Gasteiger partial charge in [-0.3, -0.25) is 4.79 Å². The minimum absolute atomic E-state index is 0.00235. The number of rotatable bonds is 11. The third-order valence-electron chi connectivity index (χ3n) is 5.58. The number of carbonyl (C=O) groups is 1. The Hall–Kier alpha value is -1.13. The molecule has 150 valence electrons. The van der Waals surface area contributed by atoms with Crippen molar-refractivity contribution in [3.05, 3.63) is 23.8 Å². The van der Waals surface area contributed by atoms with Crippen LogP contribution in [0, 0.1) is 11.8 Å². The van der Waals surface area contributed by atoms with Crippen LogP contribution in [0.2, 0.25) is 0 Å². The van der Waals surface area contributed by atoms with Crippen LogP contribution in [0.25, 0.3) is 0 Å². The van der Waals surface area contributed by atoms with Crippen molar-refractivity contribution in [2.45, 2.75) is 97.7 Å². The first kappa shape index (κ1) is 22.9. The number of hydrogen-bond donors (Lipinski definition) is 1. The monoisotopic (exact) mass is 366 g/mol. The molecule has 0 aromatic heterocycles. The van der Waals surface area contributed by atoms with Crippen molar-refractivity contribution in [1.29, 1.82) is 0 Å². The first-order valence-corrected chi connectivity index (χ1v) is 10.4. The van der Waals surface area contributed by atoms with E-state index < -0.39 is 11.6 Å². The molecule has 0 aromatic rings. The van der Waals surface area contributed by atoms with Crippen molar-refractivity contribution in [3.63, 3.8) is 0 Å². The maximum absolute atomic E-state index is 11.1. The van der Waals surface area contributed by atoms with Gasteiger partial charge < -0.3 is 5.11 Å². The summed E-state index contributed by atoms with van der Waals surface area (Å²) in [6.07, 6.45) is 13.3. The van der Waals surface area contributed by atoms with Crippen molar-refractivity contribution < 1.29 is 19.7 Å². The quantitative estimate of drug-likeness (QED) is 0.356. The van der Waals surface area contributed by atoms with E-state index >= 15 is 0 Å². The molecule has 1 aliphatic heterocycles. The van der Waals surface area contributed by atoms with E-state index in [1.807, 2.05) is 0 Å². The average molecular weight is 367 g/mol. The molecule has 4 atom stereocenters. The standard InChI is InChI=1S/C22H38O4/c1-6-11-12-17(7-2)13-18(8-3)15-22(10-5)16-19(9-4)20(25-26-22)14-21(23)24/h11-12,15,17,19-20H,6-10,13-14,16H2,1-5H3,(H,23,24)/b12-11+,18-15+/t17?,19?,20-,22?/m0/s1. The molecule has 0 amide bonds. The molecule has 3 unspecified atom stereocenters. The zero-order valence-electron chi connectivity index (χ0n) is 17.3. The fraction of sp³-hybridized carbons (Fsp3) is 0.773. The van der Waals surface area contributed by atoms with Gasteiger partial charge in [-0.15, -0.1) is 0 Å². The lowest BCUT2D eigenvalue weighted by atomic mass is 9.80. The second kappa shape index (κ2) is 11.6. The third kappa shape index (κ3) is 6.88. The molecular weight excluding hydrogens is 328 g/mol. The van der Waals surface area contributed by atoms with Crippen LogP contribution in [-0.4, -0.2) is 22.8 Å². The van der Waals surface area contributed by atoms with Crippen LogP contribution >= 0.6 is 0 Å². The highest BCUT2D eigenvalue weighted by atomic mass is 17.2. The van der Waals surface area contributed by atoms with Gasteiger partial charge in [0, 0.05) is 0 Å². The van der Waals surface area contributed by atoms with Gasteiger partial charge >= 0.3 is 5.97 Å². The first-order valence-electron chi connectivity index (χ1n) is 10.4. The SMILES string of the molecule is CC/C=C/C(CC)C/C(=C/C1(CC)CC(CC)[C@H](CC(=O)O)OO1)CC. The van der Waals surface area contributed by atoms with Gasteiger partial charge in [-0.2, -0.15) is 0 Å². The number of carboxylic acids is 1. The van der Waals surface area contributed by atoms with Crippen molar-refractivity contribution in [1.82, 2.24) is 0 Å². The second-order valence-electron chi connectivity index (χ2n) is 7.47. The maximum atomic E-state index is 11.1. The fourth-order valence-corrected chi connectivity index (χ4v) is 3.70. The van der Waals surface area contributed by atoms with Gasteiger partial charge in [0.15, 0.2) is 0 Å². The van der Waals surface area contributed by atoms with E-state index in [0.29, 0.717) is 5.92 Å². The van der Waals surface area contributed by atoms with Crippen molar-refractivity contribution in [3.8, 4) is 0 Å². The summed E-state index contributed by atoms with van der Waals surface area (Å²) < 4.78 is 0. The van der Waals surface area contributed by atoms with Crippen LogP contribution in [0.1, 0.15) is 86.0 Å². The lowest BCUT2D eigenvalue weighted by Crippen LogP contribution is -2.44. The number of hydrogen-bond acceptors (Lipinski definition) is 3. The van der Waals surface area contributed by atoms with Gasteiger partial charge in [0.1, 0.15) is 11.7 Å². The van der Waals surface area contributed by atoms with Gasteiger partial charge in [-0.25, -0.2) is 9.78 Å². The molecule has 1 saturated heterocycles. The molecule has 0 radical (unpaired) electrons. The van der Waals surface area contributed by atoms with Crippen LogP contribution < -0.4 is 0 Å². The smallest absolute Gasteiger partial charge is 0.306 e. The Kier molecular flexibility index (Phi) is 10.2. The molecule has 0 spiro atoms. The minimum atomic E-state index is -0.834. The average Bonchev–Trinajstić information content (AvgIpc) is 2.65. The van der Waals surface area contributed by atoms with Crippen LogP contribution in [0.5, 0.6) is 0 Å². The molecule has 1 heterocycles. The van der Waals surface area contributed by atoms with E-state index in [1.165, 1.54) is 5.57 Å². The number of allylic oxidation sites excluding steroid dienone is 3. The Morgan fingerprint density at radius 1 is 1.27 bits per heavy atom. The molecule has 0 aromatic carbocycles. The Bertz CT molecular complexity index is 483. The number of carboxylic acid groups (broad SMARTS) is 1. The highest BCUT2D eigenvalue weighted by Gasteiger charge is 2.41. The minimum Gasteiger partial charge on any atom is -0.481 e.